The number of nitrogens with one attached hydrogen (secondary N) is 2. The zero-order valence-electron chi connectivity index (χ0n) is 14.3. The Hall–Kier alpha value is -3.70. The lowest BCUT2D eigenvalue weighted by molar-refractivity contribution is -0.0528. The molecular weight excluding hydrogens is 377 g/mol. The molecule has 28 heavy (non-hydrogen) atoms. The molecule has 0 aliphatic heterocycles. The second-order valence-electron chi connectivity index (χ2n) is 5.77. The largest absolute Gasteiger partial charge is 0.415 e. The number of H-pyrrole nitrogens is 1. The summed E-state index contributed by atoms with van der Waals surface area (Å²) in [5.74, 6) is -0.187. The van der Waals surface area contributed by atoms with Crippen LogP contribution in [0, 0.1) is 5.95 Å². The van der Waals surface area contributed by atoms with Crippen LogP contribution in [0.3, 0.4) is 0 Å². The highest BCUT2D eigenvalue weighted by Gasteiger charge is 2.16. The molecule has 0 saturated heterocycles. The van der Waals surface area contributed by atoms with E-state index in [1.54, 1.807) is 16.9 Å². The lowest BCUT2D eigenvalue weighted by atomic mass is 10.1. The summed E-state index contributed by atoms with van der Waals surface area (Å²) in [6.45, 7) is -1.10. The molecule has 4 rings (SSSR count). The fourth-order valence-electron chi connectivity index (χ4n) is 2.60. The summed E-state index contributed by atoms with van der Waals surface area (Å²) in [4.78, 5) is 12.4. The average molecular weight is 390 g/mol. The van der Waals surface area contributed by atoms with Crippen LogP contribution in [0.1, 0.15) is 18.5 Å². The van der Waals surface area contributed by atoms with Crippen LogP contribution in [0.2, 0.25) is 0 Å². The van der Waals surface area contributed by atoms with Gasteiger partial charge in [-0.25, -0.2) is 19.6 Å². The van der Waals surface area contributed by atoms with E-state index < -0.39 is 12.6 Å². The molecule has 4 aromatic rings. The van der Waals surface area contributed by atoms with Crippen molar-refractivity contribution < 1.29 is 17.9 Å². The normalized spacial score (nSPS) is 12.5. The maximum absolute atomic E-state index is 13.1. The van der Waals surface area contributed by atoms with Crippen LogP contribution in [-0.2, 0) is 0 Å². The predicted molar refractivity (Wildman–Crippen MR) is 91.8 cm³/mol. The molecular formula is C16H13F3N8O. The summed E-state index contributed by atoms with van der Waals surface area (Å²) >= 11 is 0. The summed E-state index contributed by atoms with van der Waals surface area (Å²) in [6, 6.07) is 3.88. The minimum Gasteiger partial charge on any atom is -0.415 e. The minimum atomic E-state index is -2.97. The highest BCUT2D eigenvalue weighted by atomic mass is 19.3. The van der Waals surface area contributed by atoms with E-state index in [2.05, 4.69) is 40.3 Å². The van der Waals surface area contributed by atoms with Gasteiger partial charge in [0.2, 0.25) is 11.8 Å². The molecule has 0 fully saturated rings. The van der Waals surface area contributed by atoms with Gasteiger partial charge in [0.25, 0.3) is 0 Å². The van der Waals surface area contributed by atoms with Crippen LogP contribution in [-0.4, -0.2) is 41.5 Å². The molecule has 0 saturated carbocycles. The Balaban J connectivity index is 1.60. The number of hydrogen-bond donors (Lipinski definition) is 2. The lowest BCUT2D eigenvalue weighted by Crippen LogP contribution is -2.10. The number of anilines is 2. The van der Waals surface area contributed by atoms with Crippen LogP contribution >= 0.6 is 0 Å². The maximum atomic E-state index is 13.1. The Labute approximate surface area is 155 Å². The molecule has 2 N–H and O–H groups in total. The smallest absolute Gasteiger partial charge is 0.388 e. The van der Waals surface area contributed by atoms with Gasteiger partial charge < -0.3 is 10.1 Å². The Kier molecular flexibility index (Phi) is 4.51. The van der Waals surface area contributed by atoms with E-state index in [9.17, 15) is 13.2 Å². The van der Waals surface area contributed by atoms with Gasteiger partial charge >= 0.3 is 6.61 Å². The second-order valence-corrected chi connectivity index (χ2v) is 5.77. The van der Waals surface area contributed by atoms with Crippen LogP contribution in [0.15, 0.2) is 36.8 Å². The van der Waals surface area contributed by atoms with Gasteiger partial charge in [0, 0.05) is 12.3 Å². The molecule has 9 nitrogen and oxygen atoms in total. The number of fused-ring (bicyclic) bond motifs is 1. The Morgan fingerprint density at radius 1 is 1.18 bits per heavy atom. The van der Waals surface area contributed by atoms with Gasteiger partial charge in [0.15, 0.2) is 11.5 Å². The van der Waals surface area contributed by atoms with Crippen molar-refractivity contribution in [3.05, 3.63) is 48.3 Å². The molecule has 0 aliphatic rings. The fraction of sp³-hybridized carbons (Fsp3) is 0.188. The highest BCUT2D eigenvalue weighted by Crippen LogP contribution is 2.23. The molecule has 144 valence electrons. The topological polar surface area (TPSA) is 106 Å². The summed E-state index contributed by atoms with van der Waals surface area (Å²) in [5, 5.41) is 13.3. The van der Waals surface area contributed by atoms with Crippen molar-refractivity contribution in [2.24, 2.45) is 0 Å². The zero-order chi connectivity index (χ0) is 19.7. The van der Waals surface area contributed by atoms with E-state index in [0.29, 0.717) is 22.8 Å². The number of hydrogen-bond acceptors (Lipinski definition) is 7. The third-order valence-electron chi connectivity index (χ3n) is 3.93. The van der Waals surface area contributed by atoms with Crippen molar-refractivity contribution in [3.63, 3.8) is 0 Å². The molecule has 1 atom stereocenters. The quantitative estimate of drug-likeness (QED) is 0.487. The van der Waals surface area contributed by atoms with E-state index in [4.69, 9.17) is 0 Å². The van der Waals surface area contributed by atoms with Gasteiger partial charge in [-0.15, -0.1) is 5.10 Å². The van der Waals surface area contributed by atoms with E-state index in [-0.39, 0.29) is 11.9 Å². The van der Waals surface area contributed by atoms with E-state index >= 15 is 0 Å². The van der Waals surface area contributed by atoms with Gasteiger partial charge in [-0.1, -0.05) is 6.07 Å². The number of alkyl halides is 2. The number of pyridine rings is 1. The van der Waals surface area contributed by atoms with Crippen LogP contribution in [0.4, 0.5) is 24.8 Å². The summed E-state index contributed by atoms with van der Waals surface area (Å²) < 4.78 is 43.3. The van der Waals surface area contributed by atoms with Crippen molar-refractivity contribution >= 4 is 22.8 Å². The minimum absolute atomic E-state index is 0.256. The van der Waals surface area contributed by atoms with Gasteiger partial charge in [-0.05, 0) is 18.6 Å². The Morgan fingerprint density at radius 3 is 2.79 bits per heavy atom. The first-order chi connectivity index (χ1) is 13.5. The molecule has 4 aromatic heterocycles. The van der Waals surface area contributed by atoms with Gasteiger partial charge in [0.05, 0.1) is 18.4 Å². The molecule has 0 amide bonds. The van der Waals surface area contributed by atoms with Crippen molar-refractivity contribution in [1.29, 1.82) is 0 Å². The number of aromatic amines is 1. The van der Waals surface area contributed by atoms with Crippen molar-refractivity contribution in [1.82, 2.24) is 34.9 Å². The third kappa shape index (κ3) is 3.56. The fourth-order valence-corrected chi connectivity index (χ4v) is 2.60. The van der Waals surface area contributed by atoms with Crippen LogP contribution < -0.4 is 10.1 Å². The molecule has 0 radical (unpaired) electrons. The maximum Gasteiger partial charge on any atom is 0.388 e. The first-order valence-corrected chi connectivity index (χ1v) is 8.08. The summed E-state index contributed by atoms with van der Waals surface area (Å²) in [7, 11) is 0. The van der Waals surface area contributed by atoms with E-state index in [0.717, 1.165) is 5.56 Å². The van der Waals surface area contributed by atoms with Crippen molar-refractivity contribution in [3.8, 4) is 5.88 Å². The first kappa shape index (κ1) is 17.7. The van der Waals surface area contributed by atoms with Gasteiger partial charge in [-0.3, -0.25) is 5.10 Å². The van der Waals surface area contributed by atoms with Crippen LogP contribution in [0.5, 0.6) is 5.88 Å². The zero-order valence-corrected chi connectivity index (χ0v) is 14.3. The standard InChI is InChI=1S/C16H13F3N8O/c1-8(9-2-3-11(17)21-5-9)27-15-10(6-22-27)20-7-13(24-15)23-12-4-14(26-25-12)28-16(18)19/h2-8,16H,1H3,(H2,23,24,25,26)/t8-/m1/s1. The van der Waals surface area contributed by atoms with Crippen molar-refractivity contribution in [2.75, 3.05) is 5.32 Å². The molecule has 0 aromatic carbocycles. The van der Waals surface area contributed by atoms with Gasteiger partial charge in [0.1, 0.15) is 11.3 Å². The van der Waals surface area contributed by atoms with E-state index in [1.165, 1.54) is 24.5 Å². The Morgan fingerprint density at radius 2 is 2.04 bits per heavy atom. The van der Waals surface area contributed by atoms with Crippen LogP contribution in [0.25, 0.3) is 11.2 Å². The lowest BCUT2D eigenvalue weighted by Gasteiger charge is -2.13. The molecule has 0 spiro atoms. The van der Waals surface area contributed by atoms with Gasteiger partial charge in [-0.2, -0.15) is 18.3 Å². The predicted octanol–water partition coefficient (Wildman–Crippen LogP) is 3.04. The molecule has 4 heterocycles. The number of rotatable bonds is 6. The highest BCUT2D eigenvalue weighted by molar-refractivity contribution is 5.72. The molecule has 0 unspecified atom stereocenters. The average Bonchev–Trinajstić information content (AvgIpc) is 3.28. The van der Waals surface area contributed by atoms with E-state index in [1.807, 2.05) is 6.92 Å². The number of nitrogens with zero attached hydrogens (tertiary/aromatic N) is 6. The third-order valence-corrected chi connectivity index (χ3v) is 3.93. The monoisotopic (exact) mass is 390 g/mol. The summed E-state index contributed by atoms with van der Waals surface area (Å²) in [6.07, 6.45) is 4.45. The second kappa shape index (κ2) is 7.13. The molecule has 12 heteroatoms. The Bertz CT molecular complexity index is 1090. The number of aromatic nitrogens is 7. The summed E-state index contributed by atoms with van der Waals surface area (Å²) in [5.41, 5.74) is 1.78. The number of halogens is 3. The SMILES string of the molecule is C[C@H](c1ccc(F)nc1)n1ncc2ncc(Nc3cc(OC(F)F)n[nH]3)nc21. The molecule has 0 aliphatic carbocycles. The first-order valence-electron chi connectivity index (χ1n) is 8.08. The molecule has 0 bridgehead atoms. The van der Waals surface area contributed by atoms with Crippen molar-refractivity contribution in [2.45, 2.75) is 19.6 Å². The number of ether oxygens (including phenoxy) is 1.